The Labute approximate surface area is 36.8 Å². The second-order valence-corrected chi connectivity index (χ2v) is 1.17. The van der Waals surface area contributed by atoms with Crippen molar-refractivity contribution >= 4 is 6.41 Å². The Kier molecular flexibility index (Phi) is 3.38. The van der Waals surface area contributed by atoms with Gasteiger partial charge >= 0.3 is 36.3 Å². The second-order valence-electron chi connectivity index (χ2n) is 0.247. The molecule has 0 aromatic carbocycles. The van der Waals surface area contributed by atoms with Crippen LogP contribution in [0.4, 0.5) is 0 Å². The SMILES string of the molecule is O=C[NH][Ta]. The van der Waals surface area contributed by atoms with E-state index in [-0.39, 0.29) is 0 Å². The average Bonchev–Trinajstić information content (AvgIpc) is 1.37. The molecule has 0 atom stereocenters. The van der Waals surface area contributed by atoms with E-state index in [1.165, 1.54) is 0 Å². The van der Waals surface area contributed by atoms with Gasteiger partial charge in [0, 0.05) is 0 Å². The molecule has 0 bridgehead atoms. The summed E-state index contributed by atoms with van der Waals surface area (Å²) in [7, 11) is 0. The molecular weight excluding hydrogens is 223 g/mol. The van der Waals surface area contributed by atoms with Gasteiger partial charge in [-0.25, -0.2) is 0 Å². The molecule has 0 aliphatic rings. The Hall–Kier alpha value is 0.210. The molecule has 0 spiro atoms. The van der Waals surface area contributed by atoms with Crippen LogP contribution >= 0.6 is 0 Å². The monoisotopic (exact) mass is 225 g/mol. The third kappa shape index (κ3) is 2.21. The quantitative estimate of drug-likeness (QED) is 0.581. The van der Waals surface area contributed by atoms with Crippen LogP contribution in [0.1, 0.15) is 0 Å². The molecule has 2 nitrogen and oxygen atoms in total. The predicted octanol–water partition coefficient (Wildman–Crippen LogP) is -0.806. The standard InChI is InChI=1S/CH3NO.Ta/c2-1-3;/h1H,(H2,2,3);/q;+1/p-1. The van der Waals surface area contributed by atoms with Gasteiger partial charge in [0.2, 0.25) is 0 Å². The molecule has 0 fully saturated rings. The molecule has 0 saturated heterocycles. The number of carbonyl (C=O) groups excluding carboxylic acids is 1. The fourth-order valence-electron chi connectivity index (χ4n) is 0. The maximum absolute atomic E-state index is 9.09. The molecule has 0 unspecified atom stereocenters. The molecule has 0 aliphatic carbocycles. The maximum atomic E-state index is 9.09. The van der Waals surface area contributed by atoms with Gasteiger partial charge in [-0.3, -0.25) is 0 Å². The van der Waals surface area contributed by atoms with Crippen molar-refractivity contribution in [3.8, 4) is 0 Å². The van der Waals surface area contributed by atoms with Crippen molar-refractivity contribution in [1.29, 1.82) is 0 Å². The van der Waals surface area contributed by atoms with Crippen molar-refractivity contribution in [3.63, 3.8) is 0 Å². The van der Waals surface area contributed by atoms with Crippen molar-refractivity contribution < 1.29 is 26.1 Å². The normalized spacial score (nSPS) is 5.00. The fraction of sp³-hybridized carbons (Fsp3) is 0. The molecule has 0 aliphatic heterocycles. The molecule has 0 rings (SSSR count). The topological polar surface area (TPSA) is 29.1 Å². The predicted molar refractivity (Wildman–Crippen MR) is 9.20 cm³/mol. The summed E-state index contributed by atoms with van der Waals surface area (Å²) >= 11 is 0.930. The zero-order chi connectivity index (χ0) is 3.41. The Balaban J connectivity index is 2.30. The molecule has 0 aromatic heterocycles. The minimum atomic E-state index is 0.674. The van der Waals surface area contributed by atoms with Crippen LogP contribution in [-0.4, -0.2) is 6.41 Å². The first-order chi connectivity index (χ1) is 1.91. The summed E-state index contributed by atoms with van der Waals surface area (Å²) in [5.74, 6) is 0. The van der Waals surface area contributed by atoms with Gasteiger partial charge in [-0.1, -0.05) is 0 Å². The molecule has 22 valence electrons. The summed E-state index contributed by atoms with van der Waals surface area (Å²) < 4.78 is 2.36. The van der Waals surface area contributed by atoms with Crippen LogP contribution < -0.4 is 3.72 Å². The van der Waals surface area contributed by atoms with Crippen molar-refractivity contribution in [2.75, 3.05) is 0 Å². The van der Waals surface area contributed by atoms with Crippen molar-refractivity contribution in [3.05, 3.63) is 0 Å². The molecule has 0 heterocycles. The summed E-state index contributed by atoms with van der Waals surface area (Å²) in [5.41, 5.74) is 0. The van der Waals surface area contributed by atoms with E-state index in [2.05, 4.69) is 3.72 Å². The number of amides is 1. The summed E-state index contributed by atoms with van der Waals surface area (Å²) in [6.07, 6.45) is 0.674. The first kappa shape index (κ1) is 4.21. The summed E-state index contributed by atoms with van der Waals surface area (Å²) in [5, 5.41) is 0. The third-order valence-electron chi connectivity index (χ3n) is 0.0527. The summed E-state index contributed by atoms with van der Waals surface area (Å²) in [4.78, 5) is 9.09. The van der Waals surface area contributed by atoms with Crippen LogP contribution in [0.3, 0.4) is 0 Å². The van der Waals surface area contributed by atoms with E-state index in [0.717, 1.165) is 21.3 Å². The van der Waals surface area contributed by atoms with Crippen LogP contribution in [0, 0.1) is 0 Å². The van der Waals surface area contributed by atoms with E-state index in [9.17, 15) is 0 Å². The second kappa shape index (κ2) is 3.21. The fourth-order valence-corrected chi connectivity index (χ4v) is 0. The Morgan fingerprint density at radius 1 is 2.00 bits per heavy atom. The van der Waals surface area contributed by atoms with Crippen molar-refractivity contribution in [2.24, 2.45) is 0 Å². The van der Waals surface area contributed by atoms with Gasteiger partial charge in [0.05, 0.1) is 0 Å². The average molecular weight is 225 g/mol. The Morgan fingerprint density at radius 2 is 2.25 bits per heavy atom. The zero-order valence-corrected chi connectivity index (χ0v) is 5.15. The van der Waals surface area contributed by atoms with Gasteiger partial charge in [0.15, 0.2) is 0 Å². The van der Waals surface area contributed by atoms with E-state index < -0.39 is 0 Å². The van der Waals surface area contributed by atoms with Crippen molar-refractivity contribution in [1.82, 2.24) is 3.72 Å². The van der Waals surface area contributed by atoms with Crippen LogP contribution in [0.25, 0.3) is 0 Å². The van der Waals surface area contributed by atoms with Crippen LogP contribution in [0.2, 0.25) is 0 Å². The van der Waals surface area contributed by atoms with Gasteiger partial charge in [-0.05, 0) is 0 Å². The molecular formula is CH2NOTa. The van der Waals surface area contributed by atoms with E-state index in [0.29, 0.717) is 6.41 Å². The van der Waals surface area contributed by atoms with Crippen LogP contribution in [-0.2, 0) is 26.1 Å². The molecule has 1 N–H and O–H groups in total. The summed E-state index contributed by atoms with van der Waals surface area (Å²) in [6, 6.07) is 0. The van der Waals surface area contributed by atoms with Gasteiger partial charge < -0.3 is 0 Å². The number of carbonyl (C=O) groups is 1. The molecule has 3 heteroatoms. The minimum absolute atomic E-state index is 0.674. The van der Waals surface area contributed by atoms with Crippen molar-refractivity contribution in [2.45, 2.75) is 0 Å². The number of hydrogen-bond donors (Lipinski definition) is 1. The molecule has 0 saturated carbocycles. The van der Waals surface area contributed by atoms with E-state index in [1.54, 1.807) is 0 Å². The number of rotatable bonds is 1. The molecule has 0 radical (unpaired) electrons. The van der Waals surface area contributed by atoms with Gasteiger partial charge in [-0.2, -0.15) is 0 Å². The van der Waals surface area contributed by atoms with Gasteiger partial charge in [-0.15, -0.1) is 0 Å². The van der Waals surface area contributed by atoms with E-state index in [4.69, 9.17) is 4.79 Å². The van der Waals surface area contributed by atoms with E-state index in [1.807, 2.05) is 0 Å². The van der Waals surface area contributed by atoms with Gasteiger partial charge in [0.1, 0.15) is 0 Å². The number of hydrogen-bond acceptors (Lipinski definition) is 1. The van der Waals surface area contributed by atoms with Crippen LogP contribution in [0.15, 0.2) is 0 Å². The summed E-state index contributed by atoms with van der Waals surface area (Å²) in [6.45, 7) is 0. The Bertz CT molecular complexity index is 22.0. The molecule has 4 heavy (non-hydrogen) atoms. The van der Waals surface area contributed by atoms with E-state index >= 15 is 0 Å². The first-order valence-corrected chi connectivity index (χ1v) is 2.35. The third-order valence-corrected chi connectivity index (χ3v) is 0.431. The number of nitrogens with one attached hydrogen (secondary N) is 1. The van der Waals surface area contributed by atoms with Gasteiger partial charge in [0.25, 0.3) is 0 Å². The zero-order valence-electron chi connectivity index (χ0n) is 1.93. The van der Waals surface area contributed by atoms with Crippen LogP contribution in [0.5, 0.6) is 0 Å². The first-order valence-electron chi connectivity index (χ1n) is 0.748. The molecule has 0 aromatic rings. The molecule has 1 amide bonds. The Morgan fingerprint density at radius 3 is 2.25 bits per heavy atom.